The number of benzene rings is 5. The van der Waals surface area contributed by atoms with Gasteiger partial charge in [0.15, 0.2) is 0 Å². The van der Waals surface area contributed by atoms with Crippen molar-refractivity contribution < 1.29 is 54.6 Å². The Kier molecular flexibility index (Phi) is 9.47. The molecule has 5 aromatic rings. The maximum atomic E-state index is 9.21. The Morgan fingerprint density at radius 1 is 0.568 bits per heavy atom. The van der Waals surface area contributed by atoms with Crippen molar-refractivity contribution in [3.63, 3.8) is 0 Å². The van der Waals surface area contributed by atoms with Crippen LogP contribution in [0.15, 0.2) is 60.7 Å². The Morgan fingerprint density at radius 2 is 0.973 bits per heavy atom. The minimum Gasteiger partial charge on any atom is -0.450 e. The molecule has 5 aromatic carbocycles. The molecule has 0 aliphatic heterocycles. The molecule has 0 unspecified atom stereocenters. The fourth-order valence-corrected chi connectivity index (χ4v) is 4.19. The van der Waals surface area contributed by atoms with E-state index in [-0.39, 0.29) is 0 Å². The molecule has 0 amide bonds. The van der Waals surface area contributed by atoms with Gasteiger partial charge in [-0.05, 0) is 43.8 Å². The number of carbonyl (C=O) groups is 4. The van der Waals surface area contributed by atoms with Crippen LogP contribution in [0.3, 0.4) is 0 Å². The molecule has 0 saturated carbocycles. The first-order chi connectivity index (χ1) is 17.3. The molecule has 0 saturated heterocycles. The van der Waals surface area contributed by atoms with Crippen LogP contribution in [0.5, 0.6) is 0 Å². The summed E-state index contributed by atoms with van der Waals surface area (Å²) in [5.74, 6) is 0. The van der Waals surface area contributed by atoms with Crippen molar-refractivity contribution in [2.24, 2.45) is 0 Å². The van der Waals surface area contributed by atoms with E-state index in [9.17, 15) is 9.59 Å². The number of rotatable bonds is 0. The summed E-state index contributed by atoms with van der Waals surface area (Å²) in [4.78, 5) is 35.5. The third kappa shape index (κ3) is 7.13. The maximum Gasteiger partial charge on any atom is 0.516 e. The molecule has 0 heterocycles. The second-order valence-corrected chi connectivity index (χ2v) is 7.64. The van der Waals surface area contributed by atoms with E-state index in [0.717, 1.165) is 10.8 Å². The zero-order chi connectivity index (χ0) is 27.9. The molecule has 0 bridgehead atoms. The van der Waals surface area contributed by atoms with E-state index >= 15 is 0 Å². The molecule has 0 radical (unpaired) electrons. The predicted octanol–water partition coefficient (Wildman–Crippen LogP) is 7.85. The van der Waals surface area contributed by atoms with Gasteiger partial charge in [-0.2, -0.15) is 0 Å². The maximum absolute atomic E-state index is 9.21. The summed E-state index contributed by atoms with van der Waals surface area (Å²) in [5, 5.41) is 53.7. The van der Waals surface area contributed by atoms with Gasteiger partial charge in [0.1, 0.15) is 0 Å². The van der Waals surface area contributed by atoms with Gasteiger partial charge in [-0.25, -0.2) is 19.2 Å². The highest BCUT2D eigenvalue weighted by Gasteiger charge is 2.16. The first-order valence-corrected chi connectivity index (χ1v) is 10.5. The van der Waals surface area contributed by atoms with Crippen LogP contribution in [0.25, 0.3) is 43.1 Å². The van der Waals surface area contributed by atoms with Gasteiger partial charge in [-0.1, -0.05) is 77.8 Å². The largest absolute Gasteiger partial charge is 0.516 e. The predicted molar refractivity (Wildman–Crippen MR) is 136 cm³/mol. The lowest BCUT2D eigenvalue weighted by atomic mass is 9.90. The topological polar surface area (TPSA) is 199 Å². The second kappa shape index (κ2) is 12.3. The van der Waals surface area contributed by atoms with E-state index in [0.29, 0.717) is 10.0 Å². The van der Waals surface area contributed by atoms with Gasteiger partial charge in [0.2, 0.25) is 0 Å². The molecule has 6 N–H and O–H groups in total. The fraction of sp³-hybridized carbons (Fsp3) is 0. The van der Waals surface area contributed by atoms with Crippen molar-refractivity contribution in [3.05, 3.63) is 70.7 Å². The lowest BCUT2D eigenvalue weighted by molar-refractivity contribution is 0.0800. The summed E-state index contributed by atoms with van der Waals surface area (Å²) in [6.07, 6.45) is -7.29. The van der Waals surface area contributed by atoms with Crippen molar-refractivity contribution in [2.75, 3.05) is 0 Å². The molecule has 37 heavy (non-hydrogen) atoms. The zero-order valence-corrected chi connectivity index (χ0v) is 19.8. The highest BCUT2D eigenvalue weighted by Crippen LogP contribution is 2.45. The van der Waals surface area contributed by atoms with Crippen LogP contribution < -0.4 is 0 Å². The molecule has 0 aliphatic carbocycles. The Balaban J connectivity index is 0.000000268. The highest BCUT2D eigenvalue weighted by molar-refractivity contribution is 6.49. The van der Waals surface area contributed by atoms with E-state index in [2.05, 4.69) is 59.3 Å². The van der Waals surface area contributed by atoms with Gasteiger partial charge < -0.3 is 35.4 Å². The lowest BCUT2D eigenvalue weighted by Crippen LogP contribution is -2.05. The standard InChI is InChI=1S/C20H10Cl2.C2H2O5.2CH2O3/c21-16-10-12-6-3-8-14-13-7-1-4-11-5-2-9-15(17(11)13)19(18(12)14)20(16)22;3-1(4)7-2(5)6;2*2-1(3)4/h1-10H;(H,3,4)(H,5,6);2*(H2,2,3,4). The minimum absolute atomic E-state index is 0.609. The molecular weight excluding hydrogens is 535 g/mol. The third-order valence-electron chi connectivity index (χ3n) is 4.70. The Hall–Kier alpha value is -4.74. The first kappa shape index (κ1) is 28.5. The van der Waals surface area contributed by atoms with E-state index in [1.165, 1.54) is 32.3 Å². The lowest BCUT2D eigenvalue weighted by Gasteiger charge is -2.15. The SMILES string of the molecule is Clc1cc2cccc3c4cccc5cccc(c(c1Cl)c23)c54.O=C(O)O.O=C(O)O.O=C(O)OC(=O)O. The monoisotopic (exact) mass is 550 g/mol. The van der Waals surface area contributed by atoms with Crippen molar-refractivity contribution >= 4 is 90.9 Å². The molecular formula is C24H16Cl2O11. The molecule has 0 aliphatic rings. The van der Waals surface area contributed by atoms with Crippen molar-refractivity contribution in [1.29, 1.82) is 0 Å². The summed E-state index contributed by atoms with van der Waals surface area (Å²) >= 11 is 13.0. The summed E-state index contributed by atoms with van der Waals surface area (Å²) in [5.41, 5.74) is 0. The molecule has 0 spiro atoms. The Labute approximate surface area is 216 Å². The van der Waals surface area contributed by atoms with Gasteiger partial charge in [-0.15, -0.1) is 0 Å². The summed E-state index contributed by atoms with van der Waals surface area (Å²) in [6.45, 7) is 0. The van der Waals surface area contributed by atoms with E-state index in [1.54, 1.807) is 0 Å². The normalized spacial score (nSPS) is 9.89. The average molecular weight is 551 g/mol. The molecule has 13 heteroatoms. The van der Waals surface area contributed by atoms with E-state index < -0.39 is 24.6 Å². The van der Waals surface area contributed by atoms with Crippen LogP contribution in [0.2, 0.25) is 10.0 Å². The van der Waals surface area contributed by atoms with Crippen LogP contribution in [0, 0.1) is 0 Å². The van der Waals surface area contributed by atoms with Crippen LogP contribution in [-0.2, 0) is 4.74 Å². The molecule has 0 aromatic heterocycles. The number of hydrogen-bond donors (Lipinski definition) is 6. The van der Waals surface area contributed by atoms with E-state index in [4.69, 9.17) is 63.4 Å². The highest BCUT2D eigenvalue weighted by atomic mass is 35.5. The number of ether oxygens (including phenoxy) is 1. The van der Waals surface area contributed by atoms with Gasteiger partial charge >= 0.3 is 24.6 Å². The zero-order valence-electron chi connectivity index (χ0n) is 18.3. The quantitative estimate of drug-likeness (QED) is 0.0474. The first-order valence-electron chi connectivity index (χ1n) is 9.75. The van der Waals surface area contributed by atoms with E-state index in [1.807, 2.05) is 6.07 Å². The summed E-state index contributed by atoms with van der Waals surface area (Å²) in [7, 11) is 0. The third-order valence-corrected chi connectivity index (χ3v) is 5.48. The Bertz CT molecular complexity index is 1580. The van der Waals surface area contributed by atoms with Crippen molar-refractivity contribution in [3.8, 4) is 0 Å². The molecule has 5 rings (SSSR count). The van der Waals surface area contributed by atoms with Gasteiger partial charge in [0.05, 0.1) is 10.0 Å². The van der Waals surface area contributed by atoms with Crippen molar-refractivity contribution in [1.82, 2.24) is 0 Å². The van der Waals surface area contributed by atoms with Crippen molar-refractivity contribution in [2.45, 2.75) is 0 Å². The summed E-state index contributed by atoms with van der Waals surface area (Å²) in [6, 6.07) is 21.1. The van der Waals surface area contributed by atoms with Crippen LogP contribution in [-0.4, -0.2) is 55.3 Å². The fourth-order valence-electron chi connectivity index (χ4n) is 3.72. The van der Waals surface area contributed by atoms with Gasteiger partial charge in [0, 0.05) is 5.39 Å². The number of halogens is 2. The number of carboxylic acid groups (broad SMARTS) is 6. The average Bonchev–Trinajstić information content (AvgIpc) is 2.78. The van der Waals surface area contributed by atoms with Gasteiger partial charge in [-0.3, -0.25) is 0 Å². The van der Waals surface area contributed by atoms with Crippen LogP contribution >= 0.6 is 23.2 Å². The molecule has 0 atom stereocenters. The smallest absolute Gasteiger partial charge is 0.450 e. The Morgan fingerprint density at radius 3 is 1.41 bits per heavy atom. The molecule has 192 valence electrons. The van der Waals surface area contributed by atoms with Crippen LogP contribution in [0.4, 0.5) is 19.2 Å². The number of fused-ring (bicyclic) bond motifs is 2. The van der Waals surface area contributed by atoms with Crippen LogP contribution in [0.1, 0.15) is 0 Å². The second-order valence-electron chi connectivity index (χ2n) is 6.86. The van der Waals surface area contributed by atoms with Gasteiger partial charge in [0.25, 0.3) is 0 Å². The molecule has 0 fully saturated rings. The minimum atomic E-state index is -1.83. The molecule has 11 nitrogen and oxygen atoms in total. The number of hydrogen-bond acceptors (Lipinski definition) is 5. The summed E-state index contributed by atoms with van der Waals surface area (Å²) < 4.78 is 3.08.